The van der Waals surface area contributed by atoms with Gasteiger partial charge in [0.2, 0.25) is 0 Å². The molecule has 0 radical (unpaired) electrons. The van der Waals surface area contributed by atoms with Crippen LogP contribution in [-0.4, -0.2) is 115 Å². The quantitative estimate of drug-likeness (QED) is 0.0151. The Morgan fingerprint density at radius 3 is 0.909 bits per heavy atom. The molecule has 26 nitrogen and oxygen atoms in total. The van der Waals surface area contributed by atoms with Crippen molar-refractivity contribution in [3.8, 4) is 0 Å². The number of unbranched alkanes of at least 4 members (excludes halogenated alkanes) is 4. The van der Waals surface area contributed by atoms with Crippen molar-refractivity contribution in [3.63, 3.8) is 0 Å². The third-order valence-electron chi connectivity index (χ3n) is 15.0. The van der Waals surface area contributed by atoms with Crippen LogP contribution in [0.5, 0.6) is 0 Å². The third kappa shape index (κ3) is 19.3. The van der Waals surface area contributed by atoms with Crippen LogP contribution in [0.4, 0.5) is 14.4 Å². The minimum Gasteiger partial charge on any atom is -0.449 e. The number of ketones is 6. The Morgan fingerprint density at radius 2 is 0.682 bits per heavy atom. The molecule has 0 saturated carbocycles. The molecule has 88 heavy (non-hydrogen) atoms. The molecule has 6 rings (SSSR count). The van der Waals surface area contributed by atoms with Gasteiger partial charge in [0, 0.05) is 32.9 Å². The van der Waals surface area contributed by atoms with Gasteiger partial charge in [0.1, 0.15) is 19.8 Å². The van der Waals surface area contributed by atoms with Crippen LogP contribution in [-0.2, 0) is 38.2 Å². The van der Waals surface area contributed by atoms with E-state index in [0.29, 0.717) is 32.1 Å². The summed E-state index contributed by atoms with van der Waals surface area (Å²) < 4.78 is 15.0. The van der Waals surface area contributed by atoms with E-state index >= 15 is 0 Å². The predicted octanol–water partition coefficient (Wildman–Crippen LogP) is 10.5. The van der Waals surface area contributed by atoms with Crippen molar-refractivity contribution in [3.05, 3.63) is 106 Å². The van der Waals surface area contributed by atoms with Crippen molar-refractivity contribution in [1.82, 2.24) is 16.0 Å². The summed E-state index contributed by atoms with van der Waals surface area (Å²) in [5.41, 5.74) is 19.0. The molecular weight excluding hydrogens is 1140 g/mol. The molecule has 6 N–H and O–H groups in total. The smallest absolute Gasteiger partial charge is 0.407 e. The maximum atomic E-state index is 13.4. The summed E-state index contributed by atoms with van der Waals surface area (Å²) >= 11 is 0. The van der Waals surface area contributed by atoms with E-state index in [2.05, 4.69) is 31.3 Å². The number of cyclic esters (lactones) is 3. The first-order valence-electron chi connectivity index (χ1n) is 28.6. The highest BCUT2D eigenvalue weighted by Gasteiger charge is 2.48. The number of nitrogens with one attached hydrogen (secondary N) is 6. The summed E-state index contributed by atoms with van der Waals surface area (Å²) in [5.74, 6) is -8.24. The van der Waals surface area contributed by atoms with Gasteiger partial charge in [-0.2, -0.15) is 9.59 Å². The molecule has 3 aliphatic rings. The second-order valence-electron chi connectivity index (χ2n) is 23.1. The Labute approximate surface area is 509 Å². The van der Waals surface area contributed by atoms with E-state index in [4.69, 9.17) is 40.4 Å². The maximum Gasteiger partial charge on any atom is 0.407 e. The Kier molecular flexibility index (Phi) is 28.3. The lowest BCUT2D eigenvalue weighted by Crippen LogP contribution is -2.58. The molecule has 0 aliphatic carbocycles. The first-order valence-corrected chi connectivity index (χ1v) is 28.6. The standard InChI is InChI=1S/2C21H27N3O5.C19H23N3O5.CO2/c2*1-4-5-6-11-15(17(26)18-21(2,3)12-29-20(28)23-18)16(25)13-9-7-8-10-14(13)19(27)24-22;1-4-7-13(15(24)16-19(2,3)10-27-18(26)21-16)14(23)11-8-5-6-9-12(11)17(25)22-20;2-1-3/h2*7-10,15,18,22H,4-6,11-12H2,1-3H3,(H,23,28);5-6,8-9,13,16,20H,4,7,10H2,1-3H3,(H,21,26);/t2*15-,18?;13-,16?;/m001./s1. The lowest BCUT2D eigenvalue weighted by molar-refractivity contribution is -0.191. The van der Waals surface area contributed by atoms with Gasteiger partial charge in [0.25, 0.3) is 17.7 Å². The first kappa shape index (κ1) is 72.9. The number of benzene rings is 3. The fraction of sp³-hybridized carbons (Fsp3) is 0.500. The molecule has 3 saturated heterocycles. The highest BCUT2D eigenvalue weighted by atomic mass is 16.6. The largest absolute Gasteiger partial charge is 0.449 e. The number of hydrogen-bond donors (Lipinski definition) is 6. The minimum absolute atomic E-state index is 0.00364. The molecule has 6 amide bonds. The van der Waals surface area contributed by atoms with Crippen LogP contribution in [0.15, 0.2) is 88.1 Å². The molecule has 3 aliphatic heterocycles. The van der Waals surface area contributed by atoms with Gasteiger partial charge in [0.05, 0.1) is 52.6 Å². The molecule has 6 atom stereocenters. The van der Waals surface area contributed by atoms with Gasteiger partial charge in [-0.1, -0.05) is 162 Å². The molecule has 26 heteroatoms. The van der Waals surface area contributed by atoms with Gasteiger partial charge in [-0.25, -0.2) is 31.0 Å². The fourth-order valence-corrected chi connectivity index (χ4v) is 10.1. The molecule has 3 heterocycles. The number of alkyl carbamates (subject to hydrolysis) is 3. The Balaban J connectivity index is 0.000000337. The summed E-state index contributed by atoms with van der Waals surface area (Å²) in [6.07, 6.45) is 4.51. The Morgan fingerprint density at radius 1 is 0.443 bits per heavy atom. The molecule has 0 spiro atoms. The van der Waals surface area contributed by atoms with Crippen molar-refractivity contribution >= 4 is 76.9 Å². The van der Waals surface area contributed by atoms with Crippen molar-refractivity contribution < 1.29 is 81.3 Å². The lowest BCUT2D eigenvalue weighted by Gasteiger charge is -2.38. The molecule has 3 unspecified atom stereocenters. The summed E-state index contributed by atoms with van der Waals surface area (Å²) in [6, 6.07) is 15.5. The number of rotatable bonds is 25. The van der Waals surface area contributed by atoms with Crippen LogP contribution in [0, 0.1) is 50.6 Å². The number of ether oxygens (including phenoxy) is 3. The summed E-state index contributed by atoms with van der Waals surface area (Å²) in [5, 5.41) is 16.3. The average Bonchev–Trinajstić information content (AvgIpc) is 1.16. The zero-order chi connectivity index (χ0) is 66.1. The zero-order valence-corrected chi connectivity index (χ0v) is 50.9. The SMILES string of the molecule is CCCCC[C@@H](C(=O)c1ccccc1C(=O)N=N)C(=O)C1NC(=O)OCC1(C)C.CCCCC[C@@H](C(=O)c1ccccc1C(=O)N=N)C(=O)C1NC(=O)OCC1(C)C.CCC[C@H](C(=O)c1ccccc1C(=O)N=N)C(=O)C1NC(=O)OCC1(C)C.O=C=O. The lowest BCUT2D eigenvalue weighted by atomic mass is 9.75. The highest BCUT2D eigenvalue weighted by molar-refractivity contribution is 6.19. The van der Waals surface area contributed by atoms with Gasteiger partial charge in [0.15, 0.2) is 34.7 Å². The van der Waals surface area contributed by atoms with E-state index in [1.54, 1.807) is 77.9 Å². The number of carbonyl (C=O) groups is 12. The van der Waals surface area contributed by atoms with Crippen molar-refractivity contribution in [2.24, 2.45) is 49.3 Å². The molecule has 3 fully saturated rings. The Bertz CT molecular complexity index is 3030. The second-order valence-corrected chi connectivity index (χ2v) is 23.1. The van der Waals surface area contributed by atoms with Gasteiger partial charge < -0.3 is 30.2 Å². The number of nitrogens with zero attached hydrogens (tertiary/aromatic N) is 3. The zero-order valence-electron chi connectivity index (χ0n) is 50.9. The molecule has 3 aromatic rings. The topological polar surface area (TPSA) is 411 Å². The first-order chi connectivity index (χ1) is 41.6. The minimum atomic E-state index is -1.02. The number of Topliss-reactive ketones (excluding diaryl/α,β-unsaturated/α-hetero) is 6. The summed E-state index contributed by atoms with van der Waals surface area (Å²) in [7, 11) is 0. The van der Waals surface area contributed by atoms with Crippen LogP contribution in [0.2, 0.25) is 0 Å². The fourth-order valence-electron chi connectivity index (χ4n) is 10.1. The Hall–Kier alpha value is -9.32. The van der Waals surface area contributed by atoms with Crippen molar-refractivity contribution in [1.29, 1.82) is 16.6 Å². The maximum absolute atomic E-state index is 13.4. The second kappa shape index (κ2) is 34.1. The van der Waals surface area contributed by atoms with Crippen molar-refractivity contribution in [2.75, 3.05) is 19.8 Å². The normalized spacial score (nSPS) is 18.5. The van der Waals surface area contributed by atoms with E-state index in [1.165, 1.54) is 36.4 Å². The third-order valence-corrected chi connectivity index (χ3v) is 15.0. The van der Waals surface area contributed by atoms with E-state index in [-0.39, 0.29) is 65.8 Å². The average molecular weight is 1220 g/mol. The molecule has 0 aromatic heterocycles. The molecule has 472 valence electrons. The van der Waals surface area contributed by atoms with Gasteiger partial charge in [-0.15, -0.1) is 15.3 Å². The summed E-state index contributed by atoms with van der Waals surface area (Å²) in [4.78, 5) is 167. The van der Waals surface area contributed by atoms with Crippen LogP contribution in [0.1, 0.15) is 189 Å². The van der Waals surface area contributed by atoms with Crippen LogP contribution >= 0.6 is 0 Å². The molecule has 0 bridgehead atoms. The molecule has 3 aromatic carbocycles. The summed E-state index contributed by atoms with van der Waals surface area (Å²) in [6.45, 7) is 16.8. The van der Waals surface area contributed by atoms with Crippen molar-refractivity contribution in [2.45, 2.75) is 145 Å². The van der Waals surface area contributed by atoms with Gasteiger partial charge in [-0.3, -0.25) is 43.2 Å². The van der Waals surface area contributed by atoms with E-state index in [9.17, 15) is 57.5 Å². The highest BCUT2D eigenvalue weighted by Crippen LogP contribution is 2.34. The van der Waals surface area contributed by atoms with Gasteiger partial charge >= 0.3 is 24.4 Å². The van der Waals surface area contributed by atoms with Gasteiger partial charge in [-0.05, 0) is 37.5 Å². The van der Waals surface area contributed by atoms with Crippen LogP contribution in [0.25, 0.3) is 0 Å². The van der Waals surface area contributed by atoms with E-state index in [0.717, 1.165) is 25.7 Å². The van der Waals surface area contributed by atoms with E-state index < -0.39 is 123 Å². The number of carbonyl (C=O) groups excluding carboxylic acids is 14. The predicted molar refractivity (Wildman–Crippen MR) is 311 cm³/mol. The number of amides is 6. The molecular formula is C62H77N9O17. The number of hydrogen-bond acceptors (Lipinski definition) is 20. The van der Waals surface area contributed by atoms with E-state index in [1.807, 2.05) is 20.8 Å². The van der Waals surface area contributed by atoms with Crippen LogP contribution < -0.4 is 16.0 Å². The van der Waals surface area contributed by atoms with Crippen LogP contribution in [0.3, 0.4) is 0 Å². The monoisotopic (exact) mass is 1220 g/mol.